The van der Waals surface area contributed by atoms with Crippen LogP contribution in [0.3, 0.4) is 0 Å². The number of alkyl halides is 12. The van der Waals surface area contributed by atoms with Gasteiger partial charge < -0.3 is 5.11 Å². The second-order valence-electron chi connectivity index (χ2n) is 7.01. The molecule has 1 N–H and O–H groups in total. The van der Waals surface area contributed by atoms with Gasteiger partial charge in [0.25, 0.3) is 0 Å². The Morgan fingerprint density at radius 2 is 1.13 bits per heavy atom. The Morgan fingerprint density at radius 3 is 1.36 bits per heavy atom. The highest BCUT2D eigenvalue weighted by Crippen LogP contribution is 2.36. The van der Waals surface area contributed by atoms with E-state index in [-0.39, 0.29) is 12.4 Å². The van der Waals surface area contributed by atoms with Crippen LogP contribution in [0.15, 0.2) is 66.0 Å². The number of hydrogen-bond donors (Lipinski definition) is 1. The molecule has 0 saturated heterocycles. The molecule has 2 nitrogen and oxygen atoms in total. The van der Waals surface area contributed by atoms with Crippen LogP contribution in [0.4, 0.5) is 52.7 Å². The topological polar surface area (TPSA) is 37.3 Å². The van der Waals surface area contributed by atoms with Gasteiger partial charge in [-0.2, -0.15) is 52.7 Å². The standard InChI is InChI=1S/C11H10F6O.C9H4F6O.C3H8.C2H6/c1-6(10(12,13)14)4-5-9(8(3)18)7(2)11(15,16)17;10-8(11,12)6-1-5(4-16)2-7(3-6)9(13,14)15;1-3-2;1-2/h4-5,18H,2-3H2,1H3;1-4H;3H2,1-2H3;1-2H3/b6-4+,9-5+;;;. The van der Waals surface area contributed by atoms with Crippen LogP contribution in [0.1, 0.15) is 62.5 Å². The number of benzene rings is 1. The average molecular weight is 588 g/mol. The van der Waals surface area contributed by atoms with Gasteiger partial charge in [-0.1, -0.05) is 59.4 Å². The Kier molecular flexibility index (Phi) is 17.3. The molecule has 0 amide bonds. The number of halogens is 12. The first kappa shape index (κ1) is 40.3. The lowest BCUT2D eigenvalue weighted by molar-refractivity contribution is -0.143. The molecule has 224 valence electrons. The minimum Gasteiger partial charge on any atom is -0.508 e. The molecule has 1 aromatic rings. The van der Waals surface area contributed by atoms with Crippen LogP contribution in [0, 0.1) is 0 Å². The van der Waals surface area contributed by atoms with E-state index in [9.17, 15) is 57.5 Å². The zero-order valence-electron chi connectivity index (χ0n) is 21.5. The van der Waals surface area contributed by atoms with E-state index in [2.05, 4.69) is 27.0 Å². The summed E-state index contributed by atoms with van der Waals surface area (Å²) in [7, 11) is 0. The molecule has 1 rings (SSSR count). The van der Waals surface area contributed by atoms with Crippen molar-refractivity contribution < 1.29 is 62.6 Å². The lowest BCUT2D eigenvalue weighted by Crippen LogP contribution is -2.14. The fourth-order valence-electron chi connectivity index (χ4n) is 1.87. The molecule has 39 heavy (non-hydrogen) atoms. The number of hydrogen-bond acceptors (Lipinski definition) is 2. The zero-order valence-corrected chi connectivity index (χ0v) is 21.5. The van der Waals surface area contributed by atoms with Gasteiger partial charge in [-0.3, -0.25) is 4.79 Å². The van der Waals surface area contributed by atoms with Crippen LogP contribution in [0.25, 0.3) is 0 Å². The summed E-state index contributed by atoms with van der Waals surface area (Å²) in [6.45, 7) is 14.4. The Balaban J connectivity index is -0.000000572. The van der Waals surface area contributed by atoms with Crippen molar-refractivity contribution in [3.05, 3.63) is 82.7 Å². The minimum atomic E-state index is -4.92. The first-order chi connectivity index (χ1) is 17.4. The number of aliphatic hydroxyl groups excluding tert-OH is 1. The van der Waals surface area contributed by atoms with Gasteiger partial charge >= 0.3 is 24.7 Å². The van der Waals surface area contributed by atoms with Crippen LogP contribution in [0.2, 0.25) is 0 Å². The Labute approximate surface area is 218 Å². The van der Waals surface area contributed by atoms with Gasteiger partial charge in [-0.25, -0.2) is 0 Å². The normalized spacial score (nSPS) is 12.5. The molecule has 0 atom stereocenters. The molecule has 0 aliphatic rings. The van der Waals surface area contributed by atoms with Crippen molar-refractivity contribution >= 4 is 6.29 Å². The van der Waals surface area contributed by atoms with Crippen molar-refractivity contribution in [3.8, 4) is 0 Å². The van der Waals surface area contributed by atoms with Crippen LogP contribution in [-0.4, -0.2) is 23.7 Å². The third kappa shape index (κ3) is 16.4. The highest BCUT2D eigenvalue weighted by Gasteiger charge is 2.37. The van der Waals surface area contributed by atoms with E-state index < -0.39 is 63.9 Å². The molecule has 0 unspecified atom stereocenters. The van der Waals surface area contributed by atoms with Gasteiger partial charge in [0.2, 0.25) is 0 Å². The summed E-state index contributed by atoms with van der Waals surface area (Å²) in [5, 5.41) is 8.93. The fraction of sp³-hybridized carbons (Fsp3) is 0.400. The first-order valence-electron chi connectivity index (χ1n) is 10.8. The van der Waals surface area contributed by atoms with Crippen molar-refractivity contribution in [2.24, 2.45) is 0 Å². The summed E-state index contributed by atoms with van der Waals surface area (Å²) in [6.07, 6.45) is -17.3. The molecule has 0 aromatic heterocycles. The molecule has 0 fully saturated rings. The number of aliphatic hydroxyl groups is 1. The minimum absolute atomic E-state index is 0.0347. The van der Waals surface area contributed by atoms with Crippen molar-refractivity contribution in [3.63, 3.8) is 0 Å². The highest BCUT2D eigenvalue weighted by molar-refractivity contribution is 5.75. The highest BCUT2D eigenvalue weighted by atomic mass is 19.4. The van der Waals surface area contributed by atoms with Gasteiger partial charge in [-0.05, 0) is 25.1 Å². The summed E-state index contributed by atoms with van der Waals surface area (Å²) < 4.78 is 146. The van der Waals surface area contributed by atoms with E-state index >= 15 is 0 Å². The maximum Gasteiger partial charge on any atom is 0.416 e. The lowest BCUT2D eigenvalue weighted by atomic mass is 10.0. The number of rotatable bonds is 4. The van der Waals surface area contributed by atoms with Crippen molar-refractivity contribution in [2.45, 2.75) is 65.7 Å². The summed E-state index contributed by atoms with van der Waals surface area (Å²) in [4.78, 5) is 10.2. The third-order valence-corrected chi connectivity index (χ3v) is 3.67. The Morgan fingerprint density at radius 1 is 0.769 bits per heavy atom. The first-order valence-corrected chi connectivity index (χ1v) is 10.8. The maximum atomic E-state index is 12.3. The third-order valence-electron chi connectivity index (χ3n) is 3.67. The van der Waals surface area contributed by atoms with E-state index in [0.29, 0.717) is 31.2 Å². The molecular formula is C25H28F12O2. The predicted octanol–water partition coefficient (Wildman–Crippen LogP) is 10.6. The molecule has 0 bridgehead atoms. The molecule has 0 radical (unpaired) electrons. The second kappa shape index (κ2) is 16.7. The van der Waals surface area contributed by atoms with Crippen molar-refractivity contribution in [2.75, 3.05) is 0 Å². The Hall–Kier alpha value is -3.19. The number of carbonyl (C=O) groups is 1. The molecule has 0 heterocycles. The van der Waals surface area contributed by atoms with E-state index in [0.717, 1.165) is 0 Å². The van der Waals surface area contributed by atoms with Gasteiger partial charge in [0.1, 0.15) is 12.0 Å². The molecule has 0 aliphatic carbocycles. The number of carbonyl (C=O) groups excluding carboxylic acids is 1. The largest absolute Gasteiger partial charge is 0.508 e. The summed E-state index contributed by atoms with van der Waals surface area (Å²) >= 11 is 0. The van der Waals surface area contributed by atoms with Gasteiger partial charge in [-0.15, -0.1) is 0 Å². The van der Waals surface area contributed by atoms with Crippen LogP contribution in [-0.2, 0) is 12.4 Å². The zero-order chi connectivity index (χ0) is 32.0. The van der Waals surface area contributed by atoms with Crippen LogP contribution >= 0.6 is 0 Å². The summed E-state index contributed by atoms with van der Waals surface area (Å²) in [6, 6.07) is 0.692. The summed E-state index contributed by atoms with van der Waals surface area (Å²) in [5.74, 6) is -1.01. The smallest absolute Gasteiger partial charge is 0.416 e. The fourth-order valence-corrected chi connectivity index (χ4v) is 1.87. The van der Waals surface area contributed by atoms with Crippen LogP contribution < -0.4 is 0 Å². The van der Waals surface area contributed by atoms with E-state index in [1.54, 1.807) is 0 Å². The van der Waals surface area contributed by atoms with Gasteiger partial charge in [0, 0.05) is 16.7 Å². The van der Waals surface area contributed by atoms with E-state index in [4.69, 9.17) is 5.11 Å². The number of aldehydes is 1. The summed E-state index contributed by atoms with van der Waals surface area (Å²) in [5.41, 5.74) is -7.14. The average Bonchev–Trinajstić information content (AvgIpc) is 2.78. The second-order valence-corrected chi connectivity index (χ2v) is 7.01. The molecular weight excluding hydrogens is 560 g/mol. The molecule has 14 heteroatoms. The number of allylic oxidation sites excluding steroid dienone is 4. The van der Waals surface area contributed by atoms with E-state index in [1.807, 2.05) is 13.8 Å². The van der Waals surface area contributed by atoms with Gasteiger partial charge in [0.05, 0.1) is 16.7 Å². The quantitative estimate of drug-likeness (QED) is 0.164. The SMILES string of the molecule is C=C(O)/C(=C/C=C(\C)C(F)(F)F)C(=C)C(F)(F)F.CC.CCC.O=Cc1cc(C(F)(F)F)cc(C(F)(F)F)c1. The van der Waals surface area contributed by atoms with Crippen molar-refractivity contribution in [1.29, 1.82) is 0 Å². The van der Waals surface area contributed by atoms with Gasteiger partial charge in [0.15, 0.2) is 0 Å². The monoisotopic (exact) mass is 588 g/mol. The molecule has 0 spiro atoms. The lowest BCUT2D eigenvalue weighted by Gasteiger charge is -2.12. The predicted molar refractivity (Wildman–Crippen MR) is 124 cm³/mol. The Bertz CT molecular complexity index is 958. The van der Waals surface area contributed by atoms with E-state index in [1.165, 1.54) is 6.42 Å². The molecule has 0 saturated carbocycles. The van der Waals surface area contributed by atoms with Crippen LogP contribution in [0.5, 0.6) is 0 Å². The molecule has 1 aromatic carbocycles. The molecule has 0 aliphatic heterocycles. The van der Waals surface area contributed by atoms with Crippen molar-refractivity contribution in [1.82, 2.24) is 0 Å². The maximum absolute atomic E-state index is 12.3.